The maximum Gasteiger partial charge on any atom is 0.305 e. The van der Waals surface area contributed by atoms with Gasteiger partial charge in [-0.2, -0.15) is 0 Å². The van der Waals surface area contributed by atoms with Crippen molar-refractivity contribution in [3.05, 3.63) is 89.4 Å². The summed E-state index contributed by atoms with van der Waals surface area (Å²) in [5.41, 5.74) is 6.33. The molecule has 3 aromatic rings. The minimum absolute atomic E-state index is 0.00441. The Hall–Kier alpha value is -3.54. The first kappa shape index (κ1) is 20.2. The lowest BCUT2D eigenvalue weighted by Gasteiger charge is -2.19. The molecule has 0 fully saturated rings. The summed E-state index contributed by atoms with van der Waals surface area (Å²) in [6.45, 7) is 6.50. The first-order valence-corrected chi connectivity index (χ1v) is 9.31. The highest BCUT2D eigenvalue weighted by Crippen LogP contribution is 2.22. The summed E-state index contributed by atoms with van der Waals surface area (Å²) in [4.78, 5) is 24.4. The predicted octanol–water partition coefficient (Wildman–Crippen LogP) is 4.23. The molecule has 0 aliphatic rings. The number of rotatable bonds is 5. The third-order valence-electron chi connectivity index (χ3n) is 4.31. The monoisotopic (exact) mass is 392 g/mol. The van der Waals surface area contributed by atoms with E-state index in [1.807, 2.05) is 42.5 Å². The van der Waals surface area contributed by atoms with Gasteiger partial charge in [-0.05, 0) is 47.4 Å². The molecule has 6 nitrogen and oxygen atoms in total. The molecule has 0 unspecified atom stereocenters. The summed E-state index contributed by atoms with van der Waals surface area (Å²) in [6, 6.07) is 19.8. The molecule has 1 heterocycles. The van der Waals surface area contributed by atoms with Crippen LogP contribution in [-0.4, -0.2) is 11.8 Å². The van der Waals surface area contributed by atoms with E-state index in [9.17, 15) is 9.59 Å². The molecule has 2 amide bonds. The molecule has 0 atom stereocenters. The van der Waals surface area contributed by atoms with Crippen LogP contribution in [0.2, 0.25) is 0 Å². The van der Waals surface area contributed by atoms with Gasteiger partial charge in [0.2, 0.25) is 0 Å². The van der Waals surface area contributed by atoms with Crippen molar-refractivity contribution in [1.29, 1.82) is 0 Å². The molecule has 150 valence electrons. The molecular formula is C23H24N2O4. The molecule has 0 aliphatic carbocycles. The highest BCUT2D eigenvalue weighted by molar-refractivity contribution is 5.98. The minimum atomic E-state index is -0.546. The van der Waals surface area contributed by atoms with Crippen molar-refractivity contribution >= 4 is 11.8 Å². The quantitative estimate of drug-likeness (QED) is 0.637. The Balaban J connectivity index is 1.51. The van der Waals surface area contributed by atoms with E-state index in [0.717, 1.165) is 5.56 Å². The number of amides is 2. The van der Waals surface area contributed by atoms with Gasteiger partial charge in [0.25, 0.3) is 5.91 Å². The number of hydrogen-bond acceptors (Lipinski definition) is 4. The van der Waals surface area contributed by atoms with Crippen molar-refractivity contribution in [2.24, 2.45) is 0 Å². The number of carbonyl (C=O) groups excluding carboxylic acids is 2. The van der Waals surface area contributed by atoms with E-state index in [-0.39, 0.29) is 17.8 Å². The second kappa shape index (κ2) is 8.65. The van der Waals surface area contributed by atoms with Gasteiger partial charge >= 0.3 is 5.91 Å². The number of hydrazine groups is 1. The Labute approximate surface area is 169 Å². The van der Waals surface area contributed by atoms with E-state index in [2.05, 4.69) is 31.6 Å². The van der Waals surface area contributed by atoms with Crippen molar-refractivity contribution in [2.45, 2.75) is 32.8 Å². The maximum atomic E-state index is 12.2. The Morgan fingerprint density at radius 3 is 2.17 bits per heavy atom. The fourth-order valence-corrected chi connectivity index (χ4v) is 2.62. The van der Waals surface area contributed by atoms with Crippen LogP contribution in [0.1, 0.15) is 53.0 Å². The molecule has 0 spiro atoms. The van der Waals surface area contributed by atoms with Crippen molar-refractivity contribution in [3.63, 3.8) is 0 Å². The van der Waals surface area contributed by atoms with E-state index in [0.29, 0.717) is 17.1 Å². The fraction of sp³-hybridized carbons (Fsp3) is 0.217. The third-order valence-corrected chi connectivity index (χ3v) is 4.31. The highest BCUT2D eigenvalue weighted by Gasteiger charge is 2.16. The molecule has 2 N–H and O–H groups in total. The molecule has 29 heavy (non-hydrogen) atoms. The zero-order valence-electron chi connectivity index (χ0n) is 16.7. The Morgan fingerprint density at radius 2 is 1.52 bits per heavy atom. The molecule has 2 aromatic carbocycles. The topological polar surface area (TPSA) is 80.6 Å². The number of carbonyl (C=O) groups is 2. The molecular weight excluding hydrogens is 368 g/mol. The molecule has 3 rings (SSSR count). The highest BCUT2D eigenvalue weighted by atomic mass is 16.5. The fourth-order valence-electron chi connectivity index (χ4n) is 2.62. The van der Waals surface area contributed by atoms with Crippen molar-refractivity contribution < 1.29 is 18.7 Å². The van der Waals surface area contributed by atoms with Crippen LogP contribution in [0.5, 0.6) is 5.75 Å². The van der Waals surface area contributed by atoms with Gasteiger partial charge in [-0.1, -0.05) is 51.1 Å². The lowest BCUT2D eigenvalue weighted by molar-refractivity contribution is 0.0828. The summed E-state index contributed by atoms with van der Waals surface area (Å²) < 4.78 is 11.0. The van der Waals surface area contributed by atoms with Gasteiger partial charge in [-0.3, -0.25) is 20.4 Å². The van der Waals surface area contributed by atoms with E-state index < -0.39 is 11.8 Å². The normalized spacial score (nSPS) is 11.0. The number of hydrogen-bond donors (Lipinski definition) is 2. The summed E-state index contributed by atoms with van der Waals surface area (Å²) >= 11 is 0. The van der Waals surface area contributed by atoms with Crippen molar-refractivity contribution in [2.75, 3.05) is 0 Å². The second-order valence-electron chi connectivity index (χ2n) is 7.60. The Morgan fingerprint density at radius 1 is 0.862 bits per heavy atom. The van der Waals surface area contributed by atoms with Crippen LogP contribution < -0.4 is 15.6 Å². The smallest absolute Gasteiger partial charge is 0.305 e. The molecule has 0 bridgehead atoms. The van der Waals surface area contributed by atoms with Crippen LogP contribution in [0, 0.1) is 0 Å². The van der Waals surface area contributed by atoms with Crippen molar-refractivity contribution in [1.82, 2.24) is 10.9 Å². The van der Waals surface area contributed by atoms with Crippen LogP contribution in [-0.2, 0) is 12.0 Å². The van der Waals surface area contributed by atoms with Crippen LogP contribution in [0.4, 0.5) is 0 Å². The summed E-state index contributed by atoms with van der Waals surface area (Å²) in [5.74, 6) is 0.344. The van der Waals surface area contributed by atoms with E-state index in [1.54, 1.807) is 18.2 Å². The number of nitrogens with one attached hydrogen (secondary N) is 2. The van der Waals surface area contributed by atoms with Crippen LogP contribution in [0.25, 0.3) is 0 Å². The predicted molar refractivity (Wildman–Crippen MR) is 110 cm³/mol. The molecule has 1 aromatic heterocycles. The Kier molecular flexibility index (Phi) is 6.02. The van der Waals surface area contributed by atoms with Crippen LogP contribution >= 0.6 is 0 Å². The number of para-hydroxylation sites is 1. The maximum absolute atomic E-state index is 12.2. The van der Waals surface area contributed by atoms with E-state index >= 15 is 0 Å². The van der Waals surface area contributed by atoms with Gasteiger partial charge in [-0.25, -0.2) is 0 Å². The van der Waals surface area contributed by atoms with Crippen LogP contribution in [0.3, 0.4) is 0 Å². The molecule has 0 saturated heterocycles. The molecule has 0 saturated carbocycles. The molecule has 0 radical (unpaired) electrons. The SMILES string of the molecule is CC(C)(C)c1ccc(C(=O)NNC(=O)c2ccc(COc3ccccc3)o2)cc1. The van der Waals surface area contributed by atoms with E-state index in [1.165, 1.54) is 6.07 Å². The zero-order chi connectivity index (χ0) is 20.9. The lowest BCUT2D eigenvalue weighted by atomic mass is 9.87. The van der Waals surface area contributed by atoms with Crippen molar-refractivity contribution in [3.8, 4) is 5.75 Å². The summed E-state index contributed by atoms with van der Waals surface area (Å²) in [5, 5.41) is 0. The number of ether oxygens (including phenoxy) is 1. The first-order valence-electron chi connectivity index (χ1n) is 9.31. The first-order chi connectivity index (χ1) is 13.8. The van der Waals surface area contributed by atoms with Crippen LogP contribution in [0.15, 0.2) is 71.1 Å². The zero-order valence-corrected chi connectivity index (χ0v) is 16.7. The molecule has 0 aliphatic heterocycles. The summed E-state index contributed by atoms with van der Waals surface area (Å²) in [6.07, 6.45) is 0. The van der Waals surface area contributed by atoms with Gasteiger partial charge in [-0.15, -0.1) is 0 Å². The third kappa shape index (κ3) is 5.48. The van der Waals surface area contributed by atoms with Gasteiger partial charge < -0.3 is 9.15 Å². The minimum Gasteiger partial charge on any atom is -0.486 e. The van der Waals surface area contributed by atoms with Gasteiger partial charge in [0.15, 0.2) is 5.76 Å². The van der Waals surface area contributed by atoms with Gasteiger partial charge in [0.1, 0.15) is 18.1 Å². The Bertz CT molecular complexity index is 970. The lowest BCUT2D eigenvalue weighted by Crippen LogP contribution is -2.41. The average molecular weight is 392 g/mol. The van der Waals surface area contributed by atoms with E-state index in [4.69, 9.17) is 9.15 Å². The van der Waals surface area contributed by atoms with Gasteiger partial charge in [0, 0.05) is 5.56 Å². The summed E-state index contributed by atoms with van der Waals surface area (Å²) in [7, 11) is 0. The largest absolute Gasteiger partial charge is 0.486 e. The average Bonchev–Trinajstić information content (AvgIpc) is 3.19. The van der Waals surface area contributed by atoms with Gasteiger partial charge in [0.05, 0.1) is 0 Å². The number of furan rings is 1. The molecule has 6 heteroatoms. The second-order valence-corrected chi connectivity index (χ2v) is 7.60. The standard InChI is InChI=1S/C23H24N2O4/c1-23(2,3)17-11-9-16(10-12-17)21(26)24-25-22(27)20-14-13-19(29-20)15-28-18-7-5-4-6-8-18/h4-14H,15H2,1-3H3,(H,24,26)(H,25,27). The number of benzene rings is 2.